The first-order valence-electron chi connectivity index (χ1n) is 9.62. The highest BCUT2D eigenvalue weighted by Gasteiger charge is 2.45. The molecule has 0 aromatic heterocycles. The summed E-state index contributed by atoms with van der Waals surface area (Å²) in [6.45, 7) is 4.63. The zero-order valence-electron chi connectivity index (χ0n) is 16.7. The molecule has 4 heteroatoms. The van der Waals surface area contributed by atoms with E-state index in [4.69, 9.17) is 11.6 Å². The summed E-state index contributed by atoms with van der Waals surface area (Å²) in [7, 11) is 4.25. The predicted molar refractivity (Wildman–Crippen MR) is 113 cm³/mol. The zero-order valence-corrected chi connectivity index (χ0v) is 17.4. The Morgan fingerprint density at radius 1 is 1.15 bits per heavy atom. The molecular weight excluding hydrogens is 356 g/mol. The van der Waals surface area contributed by atoms with Crippen molar-refractivity contribution in [2.45, 2.75) is 44.6 Å². The molecule has 3 rings (SSSR count). The summed E-state index contributed by atoms with van der Waals surface area (Å²) in [4.78, 5) is 15.2. The van der Waals surface area contributed by atoms with Crippen LogP contribution in [0, 0.1) is 13.8 Å². The number of hydrogen-bond donors (Lipinski definition) is 1. The number of carbonyl (C=O) groups excluding carboxylic acids is 1. The van der Waals surface area contributed by atoms with E-state index in [0.29, 0.717) is 12.5 Å². The second-order valence-corrected chi connectivity index (χ2v) is 8.38. The molecular formula is C23H29ClN2O. The van der Waals surface area contributed by atoms with Crippen LogP contribution in [0.1, 0.15) is 52.2 Å². The highest BCUT2D eigenvalue weighted by Crippen LogP contribution is 2.45. The van der Waals surface area contributed by atoms with Gasteiger partial charge in [0.1, 0.15) is 0 Å². The fourth-order valence-electron chi connectivity index (χ4n) is 4.63. The van der Waals surface area contributed by atoms with Crippen LogP contribution >= 0.6 is 11.6 Å². The summed E-state index contributed by atoms with van der Waals surface area (Å²) in [5.74, 6) is 0.400. The lowest BCUT2D eigenvalue weighted by molar-refractivity contribution is 0.0877. The Morgan fingerprint density at radius 3 is 2.37 bits per heavy atom. The number of benzene rings is 2. The minimum atomic E-state index is -0.0833. The van der Waals surface area contributed by atoms with E-state index in [-0.39, 0.29) is 11.4 Å². The number of carbonyl (C=O) groups is 1. The van der Waals surface area contributed by atoms with Gasteiger partial charge in [-0.25, -0.2) is 0 Å². The molecule has 1 fully saturated rings. The van der Waals surface area contributed by atoms with E-state index in [9.17, 15) is 4.79 Å². The van der Waals surface area contributed by atoms with E-state index < -0.39 is 0 Å². The van der Waals surface area contributed by atoms with Crippen molar-refractivity contribution in [2.24, 2.45) is 0 Å². The monoisotopic (exact) mass is 384 g/mol. The van der Waals surface area contributed by atoms with Gasteiger partial charge >= 0.3 is 0 Å². The molecule has 2 aromatic carbocycles. The van der Waals surface area contributed by atoms with Gasteiger partial charge in [0, 0.05) is 28.6 Å². The molecule has 2 unspecified atom stereocenters. The fourth-order valence-corrected chi connectivity index (χ4v) is 4.75. The van der Waals surface area contributed by atoms with Gasteiger partial charge in [0.05, 0.1) is 0 Å². The van der Waals surface area contributed by atoms with E-state index in [1.165, 1.54) is 5.56 Å². The molecule has 2 atom stereocenters. The SMILES string of the molecule is Cc1cccc(C)c1C(=O)NCC1(N(C)C)CCCC1c1ccc(Cl)cc1. The maximum Gasteiger partial charge on any atom is 0.251 e. The van der Waals surface area contributed by atoms with Crippen molar-refractivity contribution in [1.82, 2.24) is 10.2 Å². The first-order chi connectivity index (χ1) is 12.8. The van der Waals surface area contributed by atoms with Crippen molar-refractivity contribution in [2.75, 3.05) is 20.6 Å². The van der Waals surface area contributed by atoms with Gasteiger partial charge in [-0.3, -0.25) is 4.79 Å². The molecule has 27 heavy (non-hydrogen) atoms. The largest absolute Gasteiger partial charge is 0.350 e. The van der Waals surface area contributed by atoms with Crippen molar-refractivity contribution < 1.29 is 4.79 Å². The number of rotatable bonds is 5. The minimum absolute atomic E-state index is 0.0218. The summed E-state index contributed by atoms with van der Waals surface area (Å²) in [6, 6.07) is 14.2. The summed E-state index contributed by atoms with van der Waals surface area (Å²) in [6.07, 6.45) is 3.35. The Morgan fingerprint density at radius 2 is 1.78 bits per heavy atom. The predicted octanol–water partition coefficient (Wildman–Crippen LogP) is 4.95. The van der Waals surface area contributed by atoms with Gasteiger partial charge in [0.25, 0.3) is 5.91 Å². The van der Waals surface area contributed by atoms with Gasteiger partial charge in [0.2, 0.25) is 0 Å². The van der Waals surface area contributed by atoms with Crippen molar-refractivity contribution in [3.05, 3.63) is 69.7 Å². The summed E-state index contributed by atoms with van der Waals surface area (Å²) < 4.78 is 0. The van der Waals surface area contributed by atoms with Gasteiger partial charge in [-0.1, -0.05) is 48.4 Å². The van der Waals surface area contributed by atoms with Gasteiger partial charge in [0.15, 0.2) is 0 Å². The number of nitrogens with one attached hydrogen (secondary N) is 1. The van der Waals surface area contributed by atoms with Crippen molar-refractivity contribution in [1.29, 1.82) is 0 Å². The Balaban J connectivity index is 1.84. The van der Waals surface area contributed by atoms with E-state index in [0.717, 1.165) is 41.0 Å². The number of likely N-dealkylation sites (N-methyl/N-ethyl adjacent to an activating group) is 1. The molecule has 1 amide bonds. The summed E-state index contributed by atoms with van der Waals surface area (Å²) >= 11 is 6.08. The number of aryl methyl sites for hydroxylation is 2. The van der Waals surface area contributed by atoms with Crippen LogP contribution in [0.25, 0.3) is 0 Å². The average molecular weight is 385 g/mol. The lowest BCUT2D eigenvalue weighted by atomic mass is 9.80. The quantitative estimate of drug-likeness (QED) is 0.790. The van der Waals surface area contributed by atoms with Crippen LogP contribution < -0.4 is 5.32 Å². The van der Waals surface area contributed by atoms with E-state index in [1.54, 1.807) is 0 Å². The van der Waals surface area contributed by atoms with Gasteiger partial charge in [-0.15, -0.1) is 0 Å². The molecule has 3 nitrogen and oxygen atoms in total. The maximum atomic E-state index is 12.9. The van der Waals surface area contributed by atoms with Crippen LogP contribution in [0.2, 0.25) is 5.02 Å². The van der Waals surface area contributed by atoms with Crippen LogP contribution in [0.4, 0.5) is 0 Å². The molecule has 1 aliphatic rings. The molecule has 1 N–H and O–H groups in total. The molecule has 0 radical (unpaired) electrons. The van der Waals surface area contributed by atoms with Crippen molar-refractivity contribution >= 4 is 17.5 Å². The van der Waals surface area contributed by atoms with E-state index >= 15 is 0 Å². The molecule has 1 saturated carbocycles. The topological polar surface area (TPSA) is 32.3 Å². The molecule has 0 saturated heterocycles. The fraction of sp³-hybridized carbons (Fsp3) is 0.435. The second-order valence-electron chi connectivity index (χ2n) is 7.94. The van der Waals surface area contributed by atoms with Crippen molar-refractivity contribution in [3.63, 3.8) is 0 Å². The Hall–Kier alpha value is -1.84. The molecule has 0 spiro atoms. The van der Waals surface area contributed by atoms with Gasteiger partial charge in [-0.05, 0) is 69.6 Å². The molecule has 0 aliphatic heterocycles. The molecule has 0 bridgehead atoms. The van der Waals surface area contributed by atoms with Crippen LogP contribution in [-0.4, -0.2) is 37.0 Å². The Kier molecular flexibility index (Phi) is 5.92. The Labute approximate surface area is 167 Å². The molecule has 144 valence electrons. The normalized spacial score (nSPS) is 22.2. The van der Waals surface area contributed by atoms with Crippen LogP contribution in [0.15, 0.2) is 42.5 Å². The third-order valence-corrected chi connectivity index (χ3v) is 6.43. The first-order valence-corrected chi connectivity index (χ1v) is 10.0. The maximum absolute atomic E-state index is 12.9. The number of nitrogens with zero attached hydrogens (tertiary/aromatic N) is 1. The number of hydrogen-bond acceptors (Lipinski definition) is 2. The third kappa shape index (κ3) is 3.90. The summed E-state index contributed by atoms with van der Waals surface area (Å²) in [5.41, 5.74) is 4.05. The number of amides is 1. The van der Waals surface area contributed by atoms with Gasteiger partial charge in [-0.2, -0.15) is 0 Å². The smallest absolute Gasteiger partial charge is 0.251 e. The highest BCUT2D eigenvalue weighted by atomic mass is 35.5. The van der Waals surface area contributed by atoms with Crippen LogP contribution in [-0.2, 0) is 0 Å². The highest BCUT2D eigenvalue weighted by molar-refractivity contribution is 6.30. The summed E-state index contributed by atoms with van der Waals surface area (Å²) in [5, 5.41) is 4.01. The van der Waals surface area contributed by atoms with E-state index in [1.807, 2.05) is 44.2 Å². The lowest BCUT2D eigenvalue weighted by Gasteiger charge is -2.42. The number of halogens is 1. The van der Waals surface area contributed by atoms with Crippen LogP contribution in [0.5, 0.6) is 0 Å². The van der Waals surface area contributed by atoms with Crippen LogP contribution in [0.3, 0.4) is 0 Å². The Bertz CT molecular complexity index is 795. The van der Waals surface area contributed by atoms with E-state index in [2.05, 4.69) is 36.4 Å². The third-order valence-electron chi connectivity index (χ3n) is 6.18. The molecule has 0 heterocycles. The van der Waals surface area contributed by atoms with Crippen molar-refractivity contribution in [3.8, 4) is 0 Å². The first kappa shape index (κ1) is 19.9. The second kappa shape index (κ2) is 8.04. The molecule has 2 aromatic rings. The van der Waals surface area contributed by atoms with Gasteiger partial charge < -0.3 is 10.2 Å². The standard InChI is InChI=1S/C23H29ClN2O/c1-16-7-5-8-17(2)21(16)22(27)25-15-23(26(3)4)14-6-9-20(23)18-10-12-19(24)13-11-18/h5,7-8,10-13,20H,6,9,14-15H2,1-4H3,(H,25,27). The lowest BCUT2D eigenvalue weighted by Crippen LogP contribution is -2.54. The minimum Gasteiger partial charge on any atom is -0.350 e. The average Bonchev–Trinajstić information content (AvgIpc) is 3.06. The molecule has 1 aliphatic carbocycles. The zero-order chi connectivity index (χ0) is 19.6.